The molecule has 3 aromatic rings. The summed E-state index contributed by atoms with van der Waals surface area (Å²) in [5, 5.41) is 10.9. The Bertz CT molecular complexity index is 1350. The number of rotatable bonds is 2. The van der Waals surface area contributed by atoms with Crippen LogP contribution in [0.25, 0.3) is 0 Å². The van der Waals surface area contributed by atoms with Crippen molar-refractivity contribution in [1.82, 2.24) is 4.98 Å². The van der Waals surface area contributed by atoms with Crippen molar-refractivity contribution in [2.75, 3.05) is 4.90 Å². The molecule has 33 heavy (non-hydrogen) atoms. The Morgan fingerprint density at radius 1 is 0.909 bits per heavy atom. The Kier molecular flexibility index (Phi) is 4.06. The van der Waals surface area contributed by atoms with Crippen molar-refractivity contribution >= 4 is 40.6 Å². The summed E-state index contributed by atoms with van der Waals surface area (Å²) in [5.41, 5.74) is 1.69. The van der Waals surface area contributed by atoms with E-state index in [9.17, 15) is 19.5 Å². The number of phenols is 1. The van der Waals surface area contributed by atoms with Gasteiger partial charge in [0.15, 0.2) is 0 Å². The summed E-state index contributed by atoms with van der Waals surface area (Å²) in [4.78, 5) is 44.8. The first-order valence-electron chi connectivity index (χ1n) is 11.1. The summed E-state index contributed by atoms with van der Waals surface area (Å²) in [6.07, 6.45) is 0.867. The summed E-state index contributed by atoms with van der Waals surface area (Å²) in [6.45, 7) is 0. The predicted octanol–water partition coefficient (Wildman–Crippen LogP) is 3.82. The molecule has 2 saturated carbocycles. The van der Waals surface area contributed by atoms with Gasteiger partial charge >= 0.3 is 4.87 Å². The SMILES string of the molecule is O=C1[C@@H]2[C@@H]3C[C@@H]([C@H]4Sc5[nH]c(=O)sc5[C@@H](c5ccc(O)cc5)[C@H]34)[C@@H]2C(=O)N1c1ccccc1. The van der Waals surface area contributed by atoms with Crippen molar-refractivity contribution in [3.05, 3.63) is 74.7 Å². The number of nitrogens with zero attached hydrogens (tertiary/aromatic N) is 1. The van der Waals surface area contributed by atoms with Crippen LogP contribution in [0.2, 0.25) is 0 Å². The lowest BCUT2D eigenvalue weighted by Gasteiger charge is -2.43. The first-order chi connectivity index (χ1) is 16.0. The molecule has 6 nitrogen and oxygen atoms in total. The van der Waals surface area contributed by atoms with Gasteiger partial charge in [-0.2, -0.15) is 0 Å². The molecular formula is C25H20N2O4S2. The average Bonchev–Trinajstić information content (AvgIpc) is 3.54. The molecule has 1 saturated heterocycles. The Hall–Kier alpha value is -2.84. The van der Waals surface area contributed by atoms with Crippen LogP contribution < -0.4 is 9.77 Å². The van der Waals surface area contributed by atoms with Gasteiger partial charge in [0.05, 0.1) is 22.5 Å². The number of hydrogen-bond acceptors (Lipinski definition) is 6. The Balaban J connectivity index is 1.34. The number of hydrogen-bond donors (Lipinski definition) is 2. The van der Waals surface area contributed by atoms with Gasteiger partial charge in [-0.15, -0.1) is 11.8 Å². The van der Waals surface area contributed by atoms with E-state index in [2.05, 4.69) is 4.98 Å². The number of aromatic hydroxyl groups is 1. The second kappa shape index (κ2) is 6.84. The number of thiazole rings is 1. The van der Waals surface area contributed by atoms with Crippen LogP contribution in [0.1, 0.15) is 22.8 Å². The maximum Gasteiger partial charge on any atom is 0.305 e. The van der Waals surface area contributed by atoms with Crippen molar-refractivity contribution in [2.24, 2.45) is 29.6 Å². The third-order valence-corrected chi connectivity index (χ3v) is 10.6. The number of H-pyrrole nitrogens is 1. The number of nitrogens with one attached hydrogen (secondary N) is 1. The summed E-state index contributed by atoms with van der Waals surface area (Å²) >= 11 is 2.93. The quantitative estimate of drug-likeness (QED) is 0.549. The number of amides is 2. The van der Waals surface area contributed by atoms with Crippen LogP contribution >= 0.6 is 23.1 Å². The number of fused-ring (bicyclic) bond motifs is 9. The van der Waals surface area contributed by atoms with Crippen LogP contribution in [-0.4, -0.2) is 27.2 Å². The number of anilines is 1. The van der Waals surface area contributed by atoms with Crippen LogP contribution in [0.3, 0.4) is 0 Å². The molecule has 7 atom stereocenters. The van der Waals surface area contributed by atoms with E-state index in [1.165, 1.54) is 16.2 Å². The lowest BCUT2D eigenvalue weighted by molar-refractivity contribution is -0.123. The van der Waals surface area contributed by atoms with Crippen LogP contribution in [0, 0.1) is 29.6 Å². The number of aromatic amines is 1. The van der Waals surface area contributed by atoms with Gasteiger partial charge in [-0.05, 0) is 54.0 Å². The number of carbonyl (C=O) groups excluding carboxylic acids is 2. The van der Waals surface area contributed by atoms with Gasteiger partial charge in [0, 0.05) is 16.0 Å². The molecule has 2 amide bonds. The minimum atomic E-state index is -0.304. The van der Waals surface area contributed by atoms with Gasteiger partial charge in [-0.25, -0.2) is 0 Å². The first kappa shape index (κ1) is 19.6. The molecule has 2 aliphatic carbocycles. The Morgan fingerprint density at radius 3 is 2.33 bits per heavy atom. The van der Waals surface area contributed by atoms with Crippen LogP contribution in [0.5, 0.6) is 5.75 Å². The van der Waals surface area contributed by atoms with Crippen LogP contribution in [0.15, 0.2) is 64.4 Å². The summed E-state index contributed by atoms with van der Waals surface area (Å²) < 4.78 is 0. The molecule has 8 heteroatoms. The zero-order valence-corrected chi connectivity index (χ0v) is 19.0. The normalized spacial score (nSPS) is 33.8. The lowest BCUT2D eigenvalue weighted by atomic mass is 9.68. The number of phenolic OH excluding ortho intramolecular Hbond substituents is 1. The van der Waals surface area contributed by atoms with Gasteiger partial charge < -0.3 is 10.1 Å². The van der Waals surface area contributed by atoms with E-state index in [1.54, 1.807) is 23.9 Å². The van der Waals surface area contributed by atoms with Crippen molar-refractivity contribution < 1.29 is 14.7 Å². The molecule has 4 aliphatic rings. The van der Waals surface area contributed by atoms with Crippen molar-refractivity contribution in [3.8, 4) is 5.75 Å². The first-order valence-corrected chi connectivity index (χ1v) is 12.8. The second-order valence-electron chi connectivity index (χ2n) is 9.40. The number of benzene rings is 2. The van der Waals surface area contributed by atoms with E-state index < -0.39 is 0 Å². The van der Waals surface area contributed by atoms with E-state index in [-0.39, 0.29) is 63.2 Å². The topological polar surface area (TPSA) is 90.5 Å². The highest BCUT2D eigenvalue weighted by molar-refractivity contribution is 8.00. The van der Waals surface area contributed by atoms with Crippen molar-refractivity contribution in [1.29, 1.82) is 0 Å². The van der Waals surface area contributed by atoms with Crippen LogP contribution in [0.4, 0.5) is 5.69 Å². The molecule has 3 fully saturated rings. The molecular weight excluding hydrogens is 456 g/mol. The third kappa shape index (κ3) is 2.59. The zero-order valence-electron chi connectivity index (χ0n) is 17.4. The minimum Gasteiger partial charge on any atom is -0.508 e. The number of carbonyl (C=O) groups is 2. The zero-order chi connectivity index (χ0) is 22.4. The molecule has 0 spiro atoms. The molecule has 0 radical (unpaired) electrons. The number of imide groups is 1. The Labute approximate surface area is 197 Å². The predicted molar refractivity (Wildman–Crippen MR) is 126 cm³/mol. The maximum absolute atomic E-state index is 13.6. The summed E-state index contributed by atoms with van der Waals surface area (Å²) in [5.74, 6) is -0.213. The molecule has 166 valence electrons. The van der Waals surface area contributed by atoms with Gasteiger partial charge in [-0.3, -0.25) is 19.3 Å². The molecule has 2 aromatic carbocycles. The van der Waals surface area contributed by atoms with E-state index in [0.29, 0.717) is 5.69 Å². The third-order valence-electron chi connectivity index (χ3n) is 7.99. The highest BCUT2D eigenvalue weighted by atomic mass is 32.2. The molecule has 2 bridgehead atoms. The second-order valence-corrected chi connectivity index (χ2v) is 11.6. The van der Waals surface area contributed by atoms with Gasteiger partial charge in [0.1, 0.15) is 5.75 Å². The molecule has 2 N–H and O–H groups in total. The average molecular weight is 477 g/mol. The number of para-hydroxylation sites is 1. The largest absolute Gasteiger partial charge is 0.508 e. The standard InChI is InChI=1S/C25H20N2O4S2/c28-13-8-6-11(7-9-13)16-17-14-10-15(20(17)32-22-21(16)33-25(31)26-22)19-18(14)23(29)27(24(19)30)12-4-2-1-3-5-12/h1-9,14-20,28H,10H2,(H,26,31)/t14-,15-,16+,17+,18-,19+,20-/m1/s1. The molecule has 3 heterocycles. The fourth-order valence-electron chi connectivity index (χ4n) is 6.90. The van der Waals surface area contributed by atoms with Crippen molar-refractivity contribution in [3.63, 3.8) is 0 Å². The highest BCUT2D eigenvalue weighted by Crippen LogP contribution is 2.68. The number of thioether (sulfide) groups is 1. The molecule has 1 aromatic heterocycles. The maximum atomic E-state index is 13.6. The smallest absolute Gasteiger partial charge is 0.305 e. The Morgan fingerprint density at radius 2 is 1.61 bits per heavy atom. The van der Waals surface area contributed by atoms with Gasteiger partial charge in [0.25, 0.3) is 0 Å². The molecule has 2 aliphatic heterocycles. The lowest BCUT2D eigenvalue weighted by Crippen LogP contribution is -2.42. The minimum absolute atomic E-state index is 0.0274. The van der Waals surface area contributed by atoms with E-state index >= 15 is 0 Å². The summed E-state index contributed by atoms with van der Waals surface area (Å²) in [6, 6.07) is 16.4. The fourth-order valence-corrected chi connectivity index (χ4v) is 9.79. The number of aromatic nitrogens is 1. The van der Waals surface area contributed by atoms with Crippen molar-refractivity contribution in [2.45, 2.75) is 22.6 Å². The monoisotopic (exact) mass is 476 g/mol. The molecule has 0 unspecified atom stereocenters. The van der Waals surface area contributed by atoms with E-state index in [4.69, 9.17) is 0 Å². The van der Waals surface area contributed by atoms with Crippen LogP contribution in [-0.2, 0) is 9.59 Å². The van der Waals surface area contributed by atoms with Gasteiger partial charge in [-0.1, -0.05) is 41.7 Å². The van der Waals surface area contributed by atoms with E-state index in [0.717, 1.165) is 21.9 Å². The highest BCUT2D eigenvalue weighted by Gasteiger charge is 2.69. The summed E-state index contributed by atoms with van der Waals surface area (Å²) in [7, 11) is 0. The fraction of sp³-hybridized carbons (Fsp3) is 0.320. The molecule has 7 rings (SSSR count). The van der Waals surface area contributed by atoms with Gasteiger partial charge in [0.2, 0.25) is 11.8 Å². The van der Waals surface area contributed by atoms with E-state index in [1.807, 2.05) is 42.5 Å².